The standard InChI is InChI=1S/C15H20BrNO2/c1-9-3-6-14(10(9)2)17-8-12-5-4-11(15(18)19)7-13(12)16/h4-5,7,9-10,14,17H,3,6,8H2,1-2H3,(H,18,19). The molecule has 3 atom stereocenters. The van der Waals surface area contributed by atoms with Gasteiger partial charge >= 0.3 is 5.97 Å². The predicted molar refractivity (Wildman–Crippen MR) is 79.3 cm³/mol. The lowest BCUT2D eigenvalue weighted by Crippen LogP contribution is -2.32. The maximum absolute atomic E-state index is 10.9. The second-order valence-electron chi connectivity index (χ2n) is 5.51. The first-order valence-corrected chi connectivity index (χ1v) is 7.53. The van der Waals surface area contributed by atoms with Crippen LogP contribution in [0, 0.1) is 11.8 Å². The monoisotopic (exact) mass is 325 g/mol. The first-order chi connectivity index (χ1) is 8.99. The first kappa shape index (κ1) is 14.5. The average molecular weight is 326 g/mol. The summed E-state index contributed by atoms with van der Waals surface area (Å²) >= 11 is 3.45. The molecule has 3 nitrogen and oxygen atoms in total. The number of rotatable bonds is 4. The molecule has 0 aromatic heterocycles. The number of hydrogen-bond acceptors (Lipinski definition) is 2. The lowest BCUT2D eigenvalue weighted by Gasteiger charge is -2.20. The van der Waals surface area contributed by atoms with Crippen LogP contribution in [0.5, 0.6) is 0 Å². The Morgan fingerprint density at radius 3 is 2.68 bits per heavy atom. The van der Waals surface area contributed by atoms with Crippen molar-refractivity contribution in [3.63, 3.8) is 0 Å². The van der Waals surface area contributed by atoms with E-state index in [1.54, 1.807) is 12.1 Å². The van der Waals surface area contributed by atoms with Gasteiger partial charge in [-0.2, -0.15) is 0 Å². The molecule has 1 aliphatic rings. The van der Waals surface area contributed by atoms with Crippen LogP contribution in [0.1, 0.15) is 42.6 Å². The highest BCUT2D eigenvalue weighted by Gasteiger charge is 2.29. The fourth-order valence-electron chi connectivity index (χ4n) is 2.72. The van der Waals surface area contributed by atoms with Crippen molar-refractivity contribution in [2.75, 3.05) is 0 Å². The summed E-state index contributed by atoms with van der Waals surface area (Å²) in [6, 6.07) is 5.77. The number of nitrogens with one attached hydrogen (secondary N) is 1. The van der Waals surface area contributed by atoms with E-state index in [1.807, 2.05) is 6.07 Å². The quantitative estimate of drug-likeness (QED) is 0.887. The van der Waals surface area contributed by atoms with Gasteiger partial charge in [-0.15, -0.1) is 0 Å². The Labute approximate surface area is 122 Å². The number of carboxylic acid groups (broad SMARTS) is 1. The van der Waals surface area contributed by atoms with Gasteiger partial charge in [-0.05, 0) is 42.4 Å². The van der Waals surface area contributed by atoms with Gasteiger partial charge in [0.1, 0.15) is 0 Å². The van der Waals surface area contributed by atoms with Gasteiger partial charge in [-0.3, -0.25) is 0 Å². The molecule has 0 bridgehead atoms. The summed E-state index contributed by atoms with van der Waals surface area (Å²) in [7, 11) is 0. The number of carboxylic acids is 1. The zero-order chi connectivity index (χ0) is 14.0. The molecule has 0 amide bonds. The van der Waals surface area contributed by atoms with Crippen molar-refractivity contribution in [3.05, 3.63) is 33.8 Å². The van der Waals surface area contributed by atoms with Crippen LogP contribution in [0.3, 0.4) is 0 Å². The van der Waals surface area contributed by atoms with Crippen LogP contribution in [0.2, 0.25) is 0 Å². The summed E-state index contributed by atoms with van der Waals surface area (Å²) in [6.07, 6.45) is 2.52. The molecular formula is C15H20BrNO2. The Balaban J connectivity index is 1.98. The van der Waals surface area contributed by atoms with Gasteiger partial charge in [0, 0.05) is 17.1 Å². The summed E-state index contributed by atoms with van der Waals surface area (Å²) in [6.45, 7) is 5.39. The number of hydrogen-bond donors (Lipinski definition) is 2. The molecule has 1 aliphatic carbocycles. The van der Waals surface area contributed by atoms with Crippen molar-refractivity contribution in [1.82, 2.24) is 5.32 Å². The maximum atomic E-state index is 10.9. The zero-order valence-corrected chi connectivity index (χ0v) is 12.9. The van der Waals surface area contributed by atoms with Gasteiger partial charge in [0.2, 0.25) is 0 Å². The molecule has 104 valence electrons. The van der Waals surface area contributed by atoms with Crippen LogP contribution in [0.25, 0.3) is 0 Å². The van der Waals surface area contributed by atoms with Crippen LogP contribution in [0.4, 0.5) is 0 Å². The molecule has 2 rings (SSSR count). The second kappa shape index (κ2) is 6.06. The van der Waals surface area contributed by atoms with E-state index >= 15 is 0 Å². The summed E-state index contributed by atoms with van der Waals surface area (Å²) in [4.78, 5) is 10.9. The lowest BCUT2D eigenvalue weighted by molar-refractivity contribution is 0.0697. The second-order valence-corrected chi connectivity index (χ2v) is 6.37. The lowest BCUT2D eigenvalue weighted by atomic mass is 9.97. The SMILES string of the molecule is CC1CCC(NCc2ccc(C(=O)O)cc2Br)C1C. The molecule has 1 aromatic carbocycles. The minimum Gasteiger partial charge on any atom is -0.478 e. The molecule has 0 saturated heterocycles. The summed E-state index contributed by atoms with van der Waals surface area (Å²) in [5.74, 6) is 0.603. The van der Waals surface area contributed by atoms with Gasteiger partial charge < -0.3 is 10.4 Å². The van der Waals surface area contributed by atoms with E-state index in [1.165, 1.54) is 12.8 Å². The normalized spacial score (nSPS) is 26.6. The molecule has 1 aromatic rings. The number of benzene rings is 1. The molecule has 2 N–H and O–H groups in total. The summed E-state index contributed by atoms with van der Waals surface area (Å²) in [5.41, 5.74) is 1.43. The number of carbonyl (C=O) groups is 1. The largest absolute Gasteiger partial charge is 0.478 e. The van der Waals surface area contributed by atoms with E-state index in [0.29, 0.717) is 17.5 Å². The highest BCUT2D eigenvalue weighted by atomic mass is 79.9. The van der Waals surface area contributed by atoms with Gasteiger partial charge in [0.05, 0.1) is 5.56 Å². The van der Waals surface area contributed by atoms with E-state index in [2.05, 4.69) is 35.1 Å². The molecule has 0 aliphatic heterocycles. The van der Waals surface area contributed by atoms with Gasteiger partial charge in [0.15, 0.2) is 0 Å². The topological polar surface area (TPSA) is 49.3 Å². The Kier molecular flexibility index (Phi) is 4.63. The van der Waals surface area contributed by atoms with Crippen molar-refractivity contribution in [1.29, 1.82) is 0 Å². The van der Waals surface area contributed by atoms with E-state index in [9.17, 15) is 4.79 Å². The third-order valence-corrected chi connectivity index (χ3v) is 5.06. The van der Waals surface area contributed by atoms with E-state index in [0.717, 1.165) is 22.5 Å². The van der Waals surface area contributed by atoms with Crippen LogP contribution < -0.4 is 5.32 Å². The highest BCUT2D eigenvalue weighted by molar-refractivity contribution is 9.10. The molecule has 1 fully saturated rings. The summed E-state index contributed by atoms with van der Waals surface area (Å²) in [5, 5.41) is 12.5. The van der Waals surface area contributed by atoms with Gasteiger partial charge in [0.25, 0.3) is 0 Å². The Morgan fingerprint density at radius 1 is 1.42 bits per heavy atom. The van der Waals surface area contributed by atoms with Crippen LogP contribution in [-0.2, 0) is 6.54 Å². The minimum atomic E-state index is -0.890. The molecule has 3 unspecified atom stereocenters. The molecule has 0 radical (unpaired) electrons. The van der Waals surface area contributed by atoms with Crippen LogP contribution >= 0.6 is 15.9 Å². The average Bonchev–Trinajstić information content (AvgIpc) is 2.68. The first-order valence-electron chi connectivity index (χ1n) is 6.74. The predicted octanol–water partition coefficient (Wildman–Crippen LogP) is 3.67. The molecule has 0 heterocycles. The highest BCUT2D eigenvalue weighted by Crippen LogP contribution is 2.31. The third kappa shape index (κ3) is 3.37. The third-order valence-electron chi connectivity index (χ3n) is 4.32. The van der Waals surface area contributed by atoms with Gasteiger partial charge in [-0.25, -0.2) is 4.79 Å². The molecule has 1 saturated carbocycles. The van der Waals surface area contributed by atoms with Crippen LogP contribution in [0.15, 0.2) is 22.7 Å². The van der Waals surface area contributed by atoms with E-state index in [4.69, 9.17) is 5.11 Å². The van der Waals surface area contributed by atoms with Crippen molar-refractivity contribution in [2.24, 2.45) is 11.8 Å². The number of halogens is 1. The zero-order valence-electron chi connectivity index (χ0n) is 11.3. The van der Waals surface area contributed by atoms with Gasteiger partial charge in [-0.1, -0.05) is 35.8 Å². The maximum Gasteiger partial charge on any atom is 0.335 e. The molecule has 19 heavy (non-hydrogen) atoms. The molecule has 0 spiro atoms. The minimum absolute atomic E-state index is 0.318. The smallest absolute Gasteiger partial charge is 0.335 e. The van der Waals surface area contributed by atoms with E-state index in [-0.39, 0.29) is 0 Å². The summed E-state index contributed by atoms with van der Waals surface area (Å²) < 4.78 is 0.860. The van der Waals surface area contributed by atoms with Crippen molar-refractivity contribution < 1.29 is 9.90 Å². The Hall–Kier alpha value is -0.870. The molecular weight excluding hydrogens is 306 g/mol. The Morgan fingerprint density at radius 2 is 2.16 bits per heavy atom. The van der Waals surface area contributed by atoms with E-state index < -0.39 is 5.97 Å². The Bertz CT molecular complexity index is 475. The van der Waals surface area contributed by atoms with Crippen molar-refractivity contribution in [3.8, 4) is 0 Å². The fourth-order valence-corrected chi connectivity index (χ4v) is 3.24. The molecule has 4 heteroatoms. The fraction of sp³-hybridized carbons (Fsp3) is 0.533. The van der Waals surface area contributed by atoms with Crippen molar-refractivity contribution >= 4 is 21.9 Å². The van der Waals surface area contributed by atoms with Crippen molar-refractivity contribution in [2.45, 2.75) is 39.3 Å². The van der Waals surface area contributed by atoms with Crippen LogP contribution in [-0.4, -0.2) is 17.1 Å². The number of aromatic carboxylic acids is 1.